The van der Waals surface area contributed by atoms with E-state index in [1.54, 1.807) is 6.20 Å². The molecule has 0 bridgehead atoms. The molecule has 0 saturated heterocycles. The number of hydrogen-bond donors (Lipinski definition) is 2. The summed E-state index contributed by atoms with van der Waals surface area (Å²) in [5.74, 6) is 0.113. The van der Waals surface area contributed by atoms with E-state index in [4.69, 9.17) is 10.9 Å². The maximum atomic E-state index is 8.91. The Morgan fingerprint density at radius 1 is 1.40 bits per heavy atom. The highest BCUT2D eigenvalue weighted by Crippen LogP contribution is 2.22. The molecule has 0 spiro atoms. The van der Waals surface area contributed by atoms with Gasteiger partial charge in [-0.15, -0.1) is 0 Å². The molecule has 0 aliphatic heterocycles. The molecule has 0 radical (unpaired) electrons. The van der Waals surface area contributed by atoms with Gasteiger partial charge in [0.1, 0.15) is 0 Å². The van der Waals surface area contributed by atoms with E-state index in [2.05, 4.69) is 10.1 Å². The van der Waals surface area contributed by atoms with Crippen LogP contribution in [0, 0.1) is 6.92 Å². The highest BCUT2D eigenvalue weighted by molar-refractivity contribution is 6.02. The lowest BCUT2D eigenvalue weighted by Gasteiger charge is -2.22. The molecular weight excluding hydrogens is 252 g/mol. The monoisotopic (exact) mass is 270 g/mol. The third kappa shape index (κ3) is 3.06. The van der Waals surface area contributed by atoms with Crippen molar-refractivity contribution in [2.45, 2.75) is 13.5 Å². The first kappa shape index (κ1) is 13.9. The van der Waals surface area contributed by atoms with Crippen LogP contribution in [-0.2, 0) is 6.54 Å². The largest absolute Gasteiger partial charge is 0.409 e. The molecule has 0 fully saturated rings. The predicted octanol–water partition coefficient (Wildman–Crippen LogP) is 2.12. The zero-order valence-corrected chi connectivity index (χ0v) is 11.6. The summed E-state index contributed by atoms with van der Waals surface area (Å²) in [5, 5.41) is 12.0. The number of rotatable bonds is 4. The van der Waals surface area contributed by atoms with E-state index in [1.165, 1.54) is 0 Å². The van der Waals surface area contributed by atoms with Gasteiger partial charge >= 0.3 is 0 Å². The standard InChI is InChI=1S/C15H18N4O/c1-11-5-6-14(13(8-11)15(16)18-20)19(2)10-12-4-3-7-17-9-12/h3-9,20H,10H2,1-2H3,(H2,16,18). The molecule has 2 rings (SSSR count). The molecule has 1 aromatic heterocycles. The van der Waals surface area contributed by atoms with Gasteiger partial charge in [0, 0.05) is 37.2 Å². The van der Waals surface area contributed by atoms with Crippen LogP contribution in [-0.4, -0.2) is 23.1 Å². The van der Waals surface area contributed by atoms with Crippen LogP contribution >= 0.6 is 0 Å². The molecule has 20 heavy (non-hydrogen) atoms. The van der Waals surface area contributed by atoms with E-state index in [1.807, 2.05) is 55.4 Å². The summed E-state index contributed by atoms with van der Waals surface area (Å²) < 4.78 is 0. The van der Waals surface area contributed by atoms with Crippen molar-refractivity contribution in [3.63, 3.8) is 0 Å². The summed E-state index contributed by atoms with van der Waals surface area (Å²) in [4.78, 5) is 6.15. The quantitative estimate of drug-likeness (QED) is 0.386. The van der Waals surface area contributed by atoms with Gasteiger partial charge in [-0.05, 0) is 30.7 Å². The molecule has 0 unspecified atom stereocenters. The van der Waals surface area contributed by atoms with Crippen molar-refractivity contribution in [3.8, 4) is 0 Å². The number of amidine groups is 1. The third-order valence-electron chi connectivity index (χ3n) is 3.09. The Bertz CT molecular complexity index is 611. The van der Waals surface area contributed by atoms with Crippen LogP contribution in [0.1, 0.15) is 16.7 Å². The smallest absolute Gasteiger partial charge is 0.172 e. The van der Waals surface area contributed by atoms with Crippen molar-refractivity contribution < 1.29 is 5.21 Å². The molecule has 0 aliphatic rings. The summed E-state index contributed by atoms with van der Waals surface area (Å²) in [6.07, 6.45) is 3.57. The zero-order valence-electron chi connectivity index (χ0n) is 11.6. The van der Waals surface area contributed by atoms with Gasteiger partial charge in [0.25, 0.3) is 0 Å². The fraction of sp³-hybridized carbons (Fsp3) is 0.200. The number of anilines is 1. The average Bonchev–Trinajstić information content (AvgIpc) is 2.47. The minimum Gasteiger partial charge on any atom is -0.409 e. The zero-order chi connectivity index (χ0) is 14.5. The van der Waals surface area contributed by atoms with Gasteiger partial charge in [-0.3, -0.25) is 4.98 Å². The number of oxime groups is 1. The summed E-state index contributed by atoms with van der Waals surface area (Å²) >= 11 is 0. The lowest BCUT2D eigenvalue weighted by Crippen LogP contribution is -2.22. The summed E-state index contributed by atoms with van der Waals surface area (Å²) in [6, 6.07) is 9.80. The van der Waals surface area contributed by atoms with Gasteiger partial charge in [0.2, 0.25) is 0 Å². The maximum absolute atomic E-state index is 8.91. The number of aromatic nitrogens is 1. The van der Waals surface area contributed by atoms with Crippen LogP contribution in [0.25, 0.3) is 0 Å². The van der Waals surface area contributed by atoms with E-state index < -0.39 is 0 Å². The second-order valence-corrected chi connectivity index (χ2v) is 4.72. The van der Waals surface area contributed by atoms with Crippen LogP contribution in [0.4, 0.5) is 5.69 Å². The van der Waals surface area contributed by atoms with E-state index in [0.717, 1.165) is 22.4 Å². The number of nitrogens with zero attached hydrogens (tertiary/aromatic N) is 3. The van der Waals surface area contributed by atoms with Crippen molar-refractivity contribution >= 4 is 11.5 Å². The fourth-order valence-electron chi connectivity index (χ4n) is 2.09. The first-order valence-corrected chi connectivity index (χ1v) is 6.30. The Morgan fingerprint density at radius 3 is 2.85 bits per heavy atom. The predicted molar refractivity (Wildman–Crippen MR) is 80.0 cm³/mol. The van der Waals surface area contributed by atoms with E-state index in [-0.39, 0.29) is 5.84 Å². The molecule has 0 atom stereocenters. The van der Waals surface area contributed by atoms with Gasteiger partial charge in [0.05, 0.1) is 0 Å². The number of hydrogen-bond acceptors (Lipinski definition) is 4. The lowest BCUT2D eigenvalue weighted by atomic mass is 10.1. The average molecular weight is 270 g/mol. The van der Waals surface area contributed by atoms with Gasteiger partial charge in [0.15, 0.2) is 5.84 Å². The number of benzene rings is 1. The Labute approximate surface area is 118 Å². The second-order valence-electron chi connectivity index (χ2n) is 4.72. The van der Waals surface area contributed by atoms with Crippen molar-refractivity contribution in [2.24, 2.45) is 10.9 Å². The lowest BCUT2D eigenvalue weighted by molar-refractivity contribution is 0.318. The molecule has 5 nitrogen and oxygen atoms in total. The summed E-state index contributed by atoms with van der Waals surface area (Å²) in [7, 11) is 1.96. The van der Waals surface area contributed by atoms with Gasteiger partial charge in [-0.1, -0.05) is 22.9 Å². The summed E-state index contributed by atoms with van der Waals surface area (Å²) in [6.45, 7) is 2.67. The number of aryl methyl sites for hydroxylation is 1. The number of nitrogens with two attached hydrogens (primary N) is 1. The Kier molecular flexibility index (Phi) is 4.20. The van der Waals surface area contributed by atoms with E-state index in [0.29, 0.717) is 6.54 Å². The van der Waals surface area contributed by atoms with Crippen LogP contribution in [0.3, 0.4) is 0 Å². The van der Waals surface area contributed by atoms with Crippen molar-refractivity contribution in [1.82, 2.24) is 4.98 Å². The molecule has 104 valence electrons. The minimum absolute atomic E-state index is 0.113. The summed E-state index contributed by atoms with van der Waals surface area (Å²) in [5.41, 5.74) is 9.55. The molecule has 5 heteroatoms. The molecule has 3 N–H and O–H groups in total. The van der Waals surface area contributed by atoms with E-state index in [9.17, 15) is 0 Å². The molecule has 0 saturated carbocycles. The SMILES string of the molecule is Cc1ccc(N(C)Cc2cccnc2)c(/C(N)=N/O)c1. The van der Waals surface area contributed by atoms with Crippen molar-refractivity contribution in [2.75, 3.05) is 11.9 Å². The molecule has 1 heterocycles. The Hall–Kier alpha value is -2.56. The van der Waals surface area contributed by atoms with Crippen molar-refractivity contribution in [3.05, 3.63) is 59.4 Å². The molecule has 0 aliphatic carbocycles. The van der Waals surface area contributed by atoms with Gasteiger partial charge < -0.3 is 15.8 Å². The van der Waals surface area contributed by atoms with Crippen LogP contribution in [0.5, 0.6) is 0 Å². The van der Waals surface area contributed by atoms with Gasteiger partial charge in [-0.25, -0.2) is 0 Å². The molecule has 1 aromatic carbocycles. The Balaban J connectivity index is 2.32. The fourth-order valence-corrected chi connectivity index (χ4v) is 2.09. The van der Waals surface area contributed by atoms with Crippen molar-refractivity contribution in [1.29, 1.82) is 0 Å². The second kappa shape index (κ2) is 6.06. The normalized spacial score (nSPS) is 11.4. The first-order valence-electron chi connectivity index (χ1n) is 6.30. The number of pyridine rings is 1. The highest BCUT2D eigenvalue weighted by atomic mass is 16.4. The van der Waals surface area contributed by atoms with Crippen LogP contribution < -0.4 is 10.6 Å². The maximum Gasteiger partial charge on any atom is 0.172 e. The van der Waals surface area contributed by atoms with Gasteiger partial charge in [-0.2, -0.15) is 0 Å². The highest BCUT2D eigenvalue weighted by Gasteiger charge is 2.11. The van der Waals surface area contributed by atoms with Crippen LogP contribution in [0.2, 0.25) is 0 Å². The topological polar surface area (TPSA) is 74.7 Å². The van der Waals surface area contributed by atoms with Crippen LogP contribution in [0.15, 0.2) is 47.9 Å². The Morgan fingerprint density at radius 2 is 2.20 bits per heavy atom. The first-order chi connectivity index (χ1) is 9.61. The molecule has 2 aromatic rings. The molecular formula is C15H18N4O. The van der Waals surface area contributed by atoms with E-state index >= 15 is 0 Å². The molecule has 0 amide bonds. The third-order valence-corrected chi connectivity index (χ3v) is 3.09. The minimum atomic E-state index is 0.113.